The molecule has 0 bridgehead atoms. The van der Waals surface area contributed by atoms with Gasteiger partial charge in [-0.2, -0.15) is 0 Å². The van der Waals surface area contributed by atoms with E-state index in [1.807, 2.05) is 68.4 Å². The number of rotatable bonds is 10. The van der Waals surface area contributed by atoms with Gasteiger partial charge in [0.05, 0.1) is 0 Å². The number of hydrogen-bond donors (Lipinski definition) is 3. The number of ether oxygens (including phenoxy) is 1. The monoisotopic (exact) mass is 384 g/mol. The van der Waals surface area contributed by atoms with Gasteiger partial charge in [-0.05, 0) is 35.6 Å². The Bertz CT molecular complexity index is 760. The highest BCUT2D eigenvalue weighted by Crippen LogP contribution is 2.15. The van der Waals surface area contributed by atoms with Crippen molar-refractivity contribution in [1.29, 1.82) is 0 Å². The zero-order valence-electron chi connectivity index (χ0n) is 16.3. The Labute approximate surface area is 165 Å². The fraction of sp³-hybridized carbons (Fsp3) is 0.364. The Morgan fingerprint density at radius 1 is 1.04 bits per heavy atom. The van der Waals surface area contributed by atoms with E-state index in [2.05, 4.69) is 5.32 Å². The van der Waals surface area contributed by atoms with Crippen molar-refractivity contribution in [1.82, 2.24) is 5.32 Å². The second-order valence-electron chi connectivity index (χ2n) is 7.23. The third kappa shape index (κ3) is 7.04. The van der Waals surface area contributed by atoms with Crippen molar-refractivity contribution in [3.05, 3.63) is 65.7 Å². The number of nitrogens with two attached hydrogens (primary N) is 1. The second kappa shape index (κ2) is 10.5. The zero-order valence-corrected chi connectivity index (χ0v) is 16.3. The molecule has 0 saturated heterocycles. The van der Waals surface area contributed by atoms with Crippen LogP contribution < -0.4 is 15.8 Å². The van der Waals surface area contributed by atoms with E-state index in [4.69, 9.17) is 10.5 Å². The van der Waals surface area contributed by atoms with Crippen LogP contribution in [0.2, 0.25) is 0 Å². The molecule has 2 amide bonds. The molecule has 0 fully saturated rings. The van der Waals surface area contributed by atoms with Crippen LogP contribution in [-0.4, -0.2) is 29.1 Å². The fourth-order valence-electron chi connectivity index (χ4n) is 2.74. The van der Waals surface area contributed by atoms with Crippen LogP contribution in [0.25, 0.3) is 0 Å². The van der Waals surface area contributed by atoms with Gasteiger partial charge in [0.25, 0.3) is 0 Å². The summed E-state index contributed by atoms with van der Waals surface area (Å²) in [6.07, 6.45) is -0.588. The van der Waals surface area contributed by atoms with Crippen LogP contribution in [0.3, 0.4) is 0 Å². The van der Waals surface area contributed by atoms with Gasteiger partial charge >= 0.3 is 0 Å². The third-order valence-electron chi connectivity index (χ3n) is 4.27. The number of aliphatic hydroxyl groups excluding tert-OH is 1. The van der Waals surface area contributed by atoms with Crippen LogP contribution in [0.1, 0.15) is 31.4 Å². The van der Waals surface area contributed by atoms with Crippen LogP contribution in [0, 0.1) is 5.92 Å². The number of carbonyl (C=O) groups is 2. The molecule has 0 radical (unpaired) electrons. The minimum absolute atomic E-state index is 0.163. The maximum atomic E-state index is 12.1. The molecule has 0 aliphatic rings. The summed E-state index contributed by atoms with van der Waals surface area (Å²) in [5.74, 6) is -0.356. The zero-order chi connectivity index (χ0) is 20.5. The van der Waals surface area contributed by atoms with Gasteiger partial charge in [0.15, 0.2) is 0 Å². The smallest absolute Gasteiger partial charge is 0.249 e. The number of hydrogen-bond acceptors (Lipinski definition) is 4. The van der Waals surface area contributed by atoms with Crippen molar-refractivity contribution < 1.29 is 19.4 Å². The molecule has 2 rings (SSSR count). The molecule has 0 saturated carbocycles. The fourth-order valence-corrected chi connectivity index (χ4v) is 2.74. The third-order valence-corrected chi connectivity index (χ3v) is 4.27. The summed E-state index contributed by atoms with van der Waals surface area (Å²) in [5.41, 5.74) is 7.32. The van der Waals surface area contributed by atoms with Crippen molar-refractivity contribution in [3.8, 4) is 5.75 Å². The molecule has 0 aliphatic carbocycles. The van der Waals surface area contributed by atoms with E-state index < -0.39 is 24.0 Å². The summed E-state index contributed by atoms with van der Waals surface area (Å²) in [6.45, 7) is 4.28. The van der Waals surface area contributed by atoms with Gasteiger partial charge in [-0.15, -0.1) is 0 Å². The van der Waals surface area contributed by atoms with E-state index in [1.165, 1.54) is 0 Å². The summed E-state index contributed by atoms with van der Waals surface area (Å²) in [4.78, 5) is 23.8. The SMILES string of the molecule is CC(C)C[C@H](O)C(=O)N[C@H](Cc1ccc(OCc2ccccc2)cc1)C(N)=O. The molecule has 0 spiro atoms. The molecule has 6 nitrogen and oxygen atoms in total. The average molecular weight is 384 g/mol. The van der Waals surface area contributed by atoms with Crippen molar-refractivity contribution >= 4 is 11.8 Å². The number of amides is 2. The minimum atomic E-state index is -1.16. The van der Waals surface area contributed by atoms with Gasteiger partial charge < -0.3 is 20.9 Å². The largest absolute Gasteiger partial charge is 0.489 e. The molecule has 28 heavy (non-hydrogen) atoms. The highest BCUT2D eigenvalue weighted by atomic mass is 16.5. The number of carbonyl (C=O) groups excluding carboxylic acids is 2. The minimum Gasteiger partial charge on any atom is -0.489 e. The van der Waals surface area contributed by atoms with Gasteiger partial charge in [-0.1, -0.05) is 56.3 Å². The van der Waals surface area contributed by atoms with Crippen LogP contribution >= 0.6 is 0 Å². The number of primary amides is 1. The van der Waals surface area contributed by atoms with E-state index in [-0.39, 0.29) is 12.3 Å². The maximum absolute atomic E-state index is 12.1. The standard InChI is InChI=1S/C22H28N2O4/c1-15(2)12-20(25)22(27)24-19(21(23)26)13-16-8-10-18(11-9-16)28-14-17-6-4-3-5-7-17/h3-11,15,19-20,25H,12-14H2,1-2H3,(H2,23,26)(H,24,27)/t19-,20+/m1/s1. The van der Waals surface area contributed by atoms with Gasteiger partial charge in [0.2, 0.25) is 11.8 Å². The first-order valence-electron chi connectivity index (χ1n) is 9.38. The summed E-state index contributed by atoms with van der Waals surface area (Å²) in [6, 6.07) is 16.2. The number of aliphatic hydroxyl groups is 1. The predicted octanol–water partition coefficient (Wildman–Crippen LogP) is 2.19. The highest BCUT2D eigenvalue weighted by Gasteiger charge is 2.23. The Kier molecular flexibility index (Phi) is 8.02. The first-order valence-corrected chi connectivity index (χ1v) is 9.38. The molecule has 0 aliphatic heterocycles. The molecular weight excluding hydrogens is 356 g/mol. The normalized spacial score (nSPS) is 13.0. The second-order valence-corrected chi connectivity index (χ2v) is 7.23. The lowest BCUT2D eigenvalue weighted by atomic mass is 10.0. The molecule has 4 N–H and O–H groups in total. The van der Waals surface area contributed by atoms with Gasteiger partial charge in [-0.3, -0.25) is 9.59 Å². The Hall–Kier alpha value is -2.86. The topological polar surface area (TPSA) is 102 Å². The lowest BCUT2D eigenvalue weighted by Gasteiger charge is -2.19. The van der Waals surface area contributed by atoms with E-state index in [0.717, 1.165) is 11.1 Å². The lowest BCUT2D eigenvalue weighted by molar-refractivity contribution is -0.133. The summed E-state index contributed by atoms with van der Waals surface area (Å²) >= 11 is 0. The van der Waals surface area contributed by atoms with Crippen molar-refractivity contribution in [2.75, 3.05) is 0 Å². The van der Waals surface area contributed by atoms with Gasteiger partial charge in [0.1, 0.15) is 24.5 Å². The first-order chi connectivity index (χ1) is 13.3. The summed E-state index contributed by atoms with van der Waals surface area (Å²) in [7, 11) is 0. The average Bonchev–Trinajstić information content (AvgIpc) is 2.67. The molecule has 0 unspecified atom stereocenters. The Balaban J connectivity index is 1.92. The van der Waals surface area contributed by atoms with Crippen molar-refractivity contribution in [2.45, 2.75) is 45.4 Å². The molecule has 150 valence electrons. The van der Waals surface area contributed by atoms with Crippen LogP contribution in [0.4, 0.5) is 0 Å². The van der Waals surface area contributed by atoms with Crippen LogP contribution in [0.5, 0.6) is 5.75 Å². The summed E-state index contributed by atoms with van der Waals surface area (Å²) in [5, 5.41) is 12.4. The van der Waals surface area contributed by atoms with E-state index >= 15 is 0 Å². The molecule has 0 heterocycles. The number of nitrogens with one attached hydrogen (secondary N) is 1. The van der Waals surface area contributed by atoms with Gasteiger partial charge in [0, 0.05) is 6.42 Å². The lowest BCUT2D eigenvalue weighted by Crippen LogP contribution is -2.49. The van der Waals surface area contributed by atoms with Crippen LogP contribution in [-0.2, 0) is 22.6 Å². The maximum Gasteiger partial charge on any atom is 0.249 e. The molecule has 2 aromatic rings. The van der Waals surface area contributed by atoms with E-state index in [1.54, 1.807) is 0 Å². The Morgan fingerprint density at radius 2 is 1.68 bits per heavy atom. The Morgan fingerprint density at radius 3 is 2.25 bits per heavy atom. The number of benzene rings is 2. The summed E-state index contributed by atoms with van der Waals surface area (Å²) < 4.78 is 5.74. The highest BCUT2D eigenvalue weighted by molar-refractivity contribution is 5.88. The predicted molar refractivity (Wildman–Crippen MR) is 108 cm³/mol. The first kappa shape index (κ1) is 21.4. The molecule has 2 aromatic carbocycles. The molecular formula is C22H28N2O4. The quantitative estimate of drug-likeness (QED) is 0.584. The van der Waals surface area contributed by atoms with E-state index in [0.29, 0.717) is 18.8 Å². The van der Waals surface area contributed by atoms with Crippen molar-refractivity contribution in [2.24, 2.45) is 11.7 Å². The van der Waals surface area contributed by atoms with Gasteiger partial charge in [-0.25, -0.2) is 0 Å². The van der Waals surface area contributed by atoms with Crippen LogP contribution in [0.15, 0.2) is 54.6 Å². The van der Waals surface area contributed by atoms with E-state index in [9.17, 15) is 14.7 Å². The molecule has 2 atom stereocenters. The molecule has 0 aromatic heterocycles. The van der Waals surface area contributed by atoms with Crippen molar-refractivity contribution in [3.63, 3.8) is 0 Å². The molecule has 6 heteroatoms.